The Balaban J connectivity index is 1.47. The van der Waals surface area contributed by atoms with E-state index in [1.165, 1.54) is 19.3 Å². The highest BCUT2D eigenvalue weighted by Crippen LogP contribution is 2.29. The molecule has 1 fully saturated rings. The molecule has 0 unspecified atom stereocenters. The highest BCUT2D eigenvalue weighted by Gasteiger charge is 2.24. The number of imidazole rings is 1. The van der Waals surface area contributed by atoms with Crippen LogP contribution >= 0.6 is 0 Å². The average molecular weight is 395 g/mol. The number of benzene rings is 1. The second-order valence-electron chi connectivity index (χ2n) is 7.92. The molecule has 0 spiro atoms. The SMILES string of the molecule is COc1ccc(-c2nc(CN3CCCC[C@H]3CCn3ccnc3)c(C)o2)cc1C. The number of rotatable bonds is 7. The van der Waals surface area contributed by atoms with Gasteiger partial charge in [0.2, 0.25) is 5.89 Å². The lowest BCUT2D eigenvalue weighted by Gasteiger charge is -2.35. The van der Waals surface area contributed by atoms with E-state index >= 15 is 0 Å². The Labute approximate surface area is 172 Å². The number of nitrogens with zero attached hydrogens (tertiary/aromatic N) is 4. The molecule has 1 aromatic carbocycles. The van der Waals surface area contributed by atoms with Crippen molar-refractivity contribution in [1.29, 1.82) is 0 Å². The third-order valence-corrected chi connectivity index (χ3v) is 5.92. The molecule has 0 saturated carbocycles. The molecule has 3 aromatic rings. The molecular weight excluding hydrogens is 364 g/mol. The van der Waals surface area contributed by atoms with Crippen molar-refractivity contribution in [2.45, 2.75) is 58.7 Å². The van der Waals surface area contributed by atoms with Gasteiger partial charge in [-0.2, -0.15) is 0 Å². The van der Waals surface area contributed by atoms with Gasteiger partial charge in [-0.05, 0) is 63.4 Å². The van der Waals surface area contributed by atoms with Crippen LogP contribution in [0.3, 0.4) is 0 Å². The van der Waals surface area contributed by atoms with Crippen LogP contribution in [0.4, 0.5) is 0 Å². The van der Waals surface area contributed by atoms with E-state index in [1.807, 2.05) is 44.7 Å². The van der Waals surface area contributed by atoms with Crippen LogP contribution in [0, 0.1) is 13.8 Å². The molecule has 1 atom stereocenters. The quantitative estimate of drug-likeness (QED) is 0.586. The van der Waals surface area contributed by atoms with Gasteiger partial charge in [0.15, 0.2) is 0 Å². The minimum atomic E-state index is 0.578. The van der Waals surface area contributed by atoms with Crippen molar-refractivity contribution in [3.63, 3.8) is 0 Å². The van der Waals surface area contributed by atoms with E-state index in [4.69, 9.17) is 14.1 Å². The van der Waals surface area contributed by atoms with Gasteiger partial charge >= 0.3 is 0 Å². The second-order valence-corrected chi connectivity index (χ2v) is 7.92. The van der Waals surface area contributed by atoms with Gasteiger partial charge in [0, 0.05) is 37.1 Å². The molecule has 0 bridgehead atoms. The van der Waals surface area contributed by atoms with Gasteiger partial charge in [-0.3, -0.25) is 4.90 Å². The van der Waals surface area contributed by atoms with Gasteiger partial charge in [-0.1, -0.05) is 6.42 Å². The molecule has 1 aliphatic rings. The Morgan fingerprint density at radius 1 is 1.24 bits per heavy atom. The molecule has 4 rings (SSSR count). The Bertz CT molecular complexity index is 933. The van der Waals surface area contributed by atoms with Crippen molar-refractivity contribution in [2.75, 3.05) is 13.7 Å². The van der Waals surface area contributed by atoms with E-state index < -0.39 is 0 Å². The molecule has 6 nitrogen and oxygen atoms in total. The number of hydrogen-bond acceptors (Lipinski definition) is 5. The highest BCUT2D eigenvalue weighted by atomic mass is 16.5. The maximum absolute atomic E-state index is 6.03. The van der Waals surface area contributed by atoms with Gasteiger partial charge < -0.3 is 13.7 Å². The largest absolute Gasteiger partial charge is 0.496 e. The zero-order valence-corrected chi connectivity index (χ0v) is 17.6. The molecule has 0 aliphatic carbocycles. The molecule has 154 valence electrons. The van der Waals surface area contributed by atoms with Crippen LogP contribution < -0.4 is 4.74 Å². The third-order valence-electron chi connectivity index (χ3n) is 5.92. The molecule has 1 saturated heterocycles. The average Bonchev–Trinajstić information content (AvgIpc) is 3.37. The second kappa shape index (κ2) is 8.82. The summed E-state index contributed by atoms with van der Waals surface area (Å²) in [6.07, 6.45) is 10.7. The van der Waals surface area contributed by atoms with Crippen molar-refractivity contribution in [3.05, 3.63) is 53.9 Å². The topological polar surface area (TPSA) is 56.3 Å². The van der Waals surface area contributed by atoms with Gasteiger partial charge in [0.05, 0.1) is 19.1 Å². The normalized spacial score (nSPS) is 17.6. The van der Waals surface area contributed by atoms with Crippen molar-refractivity contribution < 1.29 is 9.15 Å². The fourth-order valence-electron chi connectivity index (χ4n) is 4.21. The maximum Gasteiger partial charge on any atom is 0.226 e. The zero-order valence-electron chi connectivity index (χ0n) is 17.6. The lowest BCUT2D eigenvalue weighted by Crippen LogP contribution is -2.39. The first-order valence-electron chi connectivity index (χ1n) is 10.4. The van der Waals surface area contributed by atoms with Crippen LogP contribution in [0.15, 0.2) is 41.3 Å². The summed E-state index contributed by atoms with van der Waals surface area (Å²) in [6.45, 7) is 7.04. The van der Waals surface area contributed by atoms with E-state index in [-0.39, 0.29) is 0 Å². The molecule has 2 aromatic heterocycles. The molecule has 0 radical (unpaired) electrons. The lowest BCUT2D eigenvalue weighted by molar-refractivity contribution is 0.126. The molecule has 0 N–H and O–H groups in total. The first kappa shape index (κ1) is 19.7. The van der Waals surface area contributed by atoms with Crippen LogP contribution in [0.2, 0.25) is 0 Å². The third kappa shape index (κ3) is 4.53. The van der Waals surface area contributed by atoms with Crippen LogP contribution in [0.25, 0.3) is 11.5 Å². The maximum atomic E-state index is 6.03. The molecule has 6 heteroatoms. The summed E-state index contributed by atoms with van der Waals surface area (Å²) < 4.78 is 13.6. The summed E-state index contributed by atoms with van der Waals surface area (Å²) in [5, 5.41) is 0. The number of aromatic nitrogens is 3. The lowest BCUT2D eigenvalue weighted by atomic mass is 9.99. The molecule has 1 aliphatic heterocycles. The Morgan fingerprint density at radius 3 is 2.90 bits per heavy atom. The van der Waals surface area contributed by atoms with Gasteiger partial charge in [-0.25, -0.2) is 9.97 Å². The Morgan fingerprint density at radius 2 is 2.14 bits per heavy atom. The standard InChI is InChI=1S/C23H30N4O2/c1-17-14-19(7-8-22(17)28-3)23-25-21(18(2)29-23)15-27-11-5-4-6-20(27)9-12-26-13-10-24-16-26/h7-8,10,13-14,16,20H,4-6,9,11-12,15H2,1-3H3/t20-/m0/s1. The van der Waals surface area contributed by atoms with E-state index in [9.17, 15) is 0 Å². The van der Waals surface area contributed by atoms with E-state index in [1.54, 1.807) is 7.11 Å². The number of oxazole rings is 1. The summed E-state index contributed by atoms with van der Waals surface area (Å²) in [5.41, 5.74) is 3.12. The number of hydrogen-bond donors (Lipinski definition) is 0. The van der Waals surface area contributed by atoms with E-state index in [2.05, 4.69) is 20.5 Å². The summed E-state index contributed by atoms with van der Waals surface area (Å²) in [5.74, 6) is 2.48. The van der Waals surface area contributed by atoms with E-state index in [0.717, 1.165) is 54.4 Å². The predicted octanol–water partition coefficient (Wildman–Crippen LogP) is 4.61. The Hall–Kier alpha value is -2.60. The van der Waals surface area contributed by atoms with Crippen LogP contribution in [-0.2, 0) is 13.1 Å². The first-order valence-corrected chi connectivity index (χ1v) is 10.4. The number of methoxy groups -OCH3 is 1. The summed E-state index contributed by atoms with van der Waals surface area (Å²) in [7, 11) is 1.69. The van der Waals surface area contributed by atoms with Crippen molar-refractivity contribution in [3.8, 4) is 17.2 Å². The van der Waals surface area contributed by atoms with Gasteiger partial charge in [0.1, 0.15) is 11.5 Å². The van der Waals surface area contributed by atoms with Crippen LogP contribution in [0.1, 0.15) is 42.7 Å². The van der Waals surface area contributed by atoms with Gasteiger partial charge in [-0.15, -0.1) is 0 Å². The molecule has 3 heterocycles. The predicted molar refractivity (Wildman–Crippen MR) is 113 cm³/mol. The fourth-order valence-corrected chi connectivity index (χ4v) is 4.21. The summed E-state index contributed by atoms with van der Waals surface area (Å²) >= 11 is 0. The van der Waals surface area contributed by atoms with Crippen LogP contribution in [-0.4, -0.2) is 39.1 Å². The van der Waals surface area contributed by atoms with Crippen molar-refractivity contribution in [1.82, 2.24) is 19.4 Å². The molecule has 0 amide bonds. The minimum absolute atomic E-state index is 0.578. The van der Waals surface area contributed by atoms with Crippen molar-refractivity contribution in [2.24, 2.45) is 0 Å². The highest BCUT2D eigenvalue weighted by molar-refractivity contribution is 5.57. The molecular formula is C23H30N4O2. The number of likely N-dealkylation sites (tertiary alicyclic amines) is 1. The fraction of sp³-hybridized carbons (Fsp3) is 0.478. The summed E-state index contributed by atoms with van der Waals surface area (Å²) in [4.78, 5) is 11.6. The Kier molecular flexibility index (Phi) is 6.00. The zero-order chi connectivity index (χ0) is 20.2. The number of aryl methyl sites for hydroxylation is 3. The monoisotopic (exact) mass is 394 g/mol. The van der Waals surface area contributed by atoms with Crippen molar-refractivity contribution >= 4 is 0 Å². The molecule has 29 heavy (non-hydrogen) atoms. The van der Waals surface area contributed by atoms with Crippen LogP contribution in [0.5, 0.6) is 5.75 Å². The summed E-state index contributed by atoms with van der Waals surface area (Å²) in [6, 6.07) is 6.63. The first-order chi connectivity index (χ1) is 14.1. The smallest absolute Gasteiger partial charge is 0.226 e. The van der Waals surface area contributed by atoms with E-state index in [0.29, 0.717) is 11.9 Å². The van der Waals surface area contributed by atoms with Gasteiger partial charge in [0.25, 0.3) is 0 Å². The minimum Gasteiger partial charge on any atom is -0.496 e. The number of piperidine rings is 1. The number of ether oxygens (including phenoxy) is 1.